The van der Waals surface area contributed by atoms with Crippen molar-refractivity contribution in [2.45, 2.75) is 19.7 Å². The molecule has 0 spiro atoms. The number of nitrogens with zero attached hydrogens (tertiary/aromatic N) is 4. The number of carbonyl (C=O) groups is 1. The molecule has 2 aliphatic heterocycles. The van der Waals surface area contributed by atoms with Gasteiger partial charge in [0.1, 0.15) is 17.5 Å². The Morgan fingerprint density at radius 1 is 1.20 bits per heavy atom. The molecule has 1 fully saturated rings. The Bertz CT molecular complexity index is 1250. The average molecular weight is 515 g/mol. The minimum Gasteiger partial charge on any atom is -0.392 e. The first-order chi connectivity index (χ1) is 17.0. The summed E-state index contributed by atoms with van der Waals surface area (Å²) in [5, 5.41) is 17.1. The molecule has 0 bridgehead atoms. The molecule has 182 valence electrons. The molecule has 3 aromatic rings. The van der Waals surface area contributed by atoms with Crippen LogP contribution in [-0.4, -0.2) is 53.5 Å². The first kappa shape index (κ1) is 23.6. The number of hydrogen-bond acceptors (Lipinski definition) is 8. The summed E-state index contributed by atoms with van der Waals surface area (Å²) in [6, 6.07) is 10.8. The zero-order valence-electron chi connectivity index (χ0n) is 19.0. The number of rotatable bonds is 5. The zero-order chi connectivity index (χ0) is 24.5. The van der Waals surface area contributed by atoms with Gasteiger partial charge in [0.2, 0.25) is 5.95 Å². The number of halogens is 2. The van der Waals surface area contributed by atoms with Gasteiger partial charge in [-0.05, 0) is 37.3 Å². The van der Waals surface area contributed by atoms with E-state index in [0.29, 0.717) is 46.3 Å². The van der Waals surface area contributed by atoms with Crippen LogP contribution in [0.3, 0.4) is 0 Å². The van der Waals surface area contributed by atoms with Crippen molar-refractivity contribution in [2.24, 2.45) is 0 Å². The molecule has 9 nitrogen and oxygen atoms in total. The largest absolute Gasteiger partial charge is 0.392 e. The van der Waals surface area contributed by atoms with E-state index in [1.165, 1.54) is 11.1 Å². The summed E-state index contributed by atoms with van der Waals surface area (Å²) in [6.07, 6.45) is 1.03. The quantitative estimate of drug-likeness (QED) is 0.463. The first-order valence-corrected chi connectivity index (χ1v) is 12.0. The lowest BCUT2D eigenvalue weighted by Gasteiger charge is -2.36. The number of nitrogens with one attached hydrogen (secondary N) is 2. The second-order valence-corrected chi connectivity index (χ2v) is 9.06. The van der Waals surface area contributed by atoms with Crippen molar-refractivity contribution < 1.29 is 14.6 Å². The summed E-state index contributed by atoms with van der Waals surface area (Å²) in [5.41, 5.74) is 3.25. The van der Waals surface area contributed by atoms with Gasteiger partial charge in [-0.15, -0.1) is 0 Å². The Labute approximate surface area is 212 Å². The van der Waals surface area contributed by atoms with E-state index in [0.717, 1.165) is 30.0 Å². The molecule has 5 rings (SSSR count). The second kappa shape index (κ2) is 9.87. The van der Waals surface area contributed by atoms with Gasteiger partial charge in [-0.25, -0.2) is 4.98 Å². The van der Waals surface area contributed by atoms with Crippen LogP contribution in [-0.2, 0) is 11.3 Å². The molecule has 2 aliphatic rings. The molecule has 1 amide bonds. The monoisotopic (exact) mass is 514 g/mol. The minimum atomic E-state index is -0.441. The lowest BCUT2D eigenvalue weighted by atomic mass is 10.1. The number of anilines is 5. The molecular weight excluding hydrogens is 491 g/mol. The number of para-hydroxylation sites is 1. The van der Waals surface area contributed by atoms with Gasteiger partial charge >= 0.3 is 0 Å². The van der Waals surface area contributed by atoms with Crippen molar-refractivity contribution in [1.29, 1.82) is 0 Å². The highest BCUT2D eigenvalue weighted by Gasteiger charge is 2.34. The summed E-state index contributed by atoms with van der Waals surface area (Å²) in [5.74, 6) is 0.431. The Balaban J connectivity index is 1.39. The van der Waals surface area contributed by atoms with Crippen LogP contribution in [0.15, 0.2) is 42.6 Å². The van der Waals surface area contributed by atoms with Gasteiger partial charge < -0.3 is 25.4 Å². The lowest BCUT2D eigenvalue weighted by Crippen LogP contribution is -2.48. The molecule has 2 aromatic carbocycles. The van der Waals surface area contributed by atoms with Gasteiger partial charge in [-0.1, -0.05) is 29.3 Å². The molecule has 35 heavy (non-hydrogen) atoms. The Kier molecular flexibility index (Phi) is 6.66. The first-order valence-electron chi connectivity index (χ1n) is 11.2. The fourth-order valence-electron chi connectivity index (χ4n) is 4.32. The predicted molar refractivity (Wildman–Crippen MR) is 137 cm³/mol. The maximum Gasteiger partial charge on any atom is 0.265 e. The minimum absolute atomic E-state index is 0.0960. The average Bonchev–Trinajstić information content (AvgIpc) is 2.86. The van der Waals surface area contributed by atoms with Crippen molar-refractivity contribution in [1.82, 2.24) is 9.97 Å². The van der Waals surface area contributed by atoms with Crippen LogP contribution >= 0.6 is 23.2 Å². The third-order valence-corrected chi connectivity index (χ3v) is 6.62. The van der Waals surface area contributed by atoms with Crippen LogP contribution in [0.25, 0.3) is 0 Å². The maximum atomic E-state index is 13.3. The van der Waals surface area contributed by atoms with E-state index < -0.39 is 6.17 Å². The van der Waals surface area contributed by atoms with Crippen LogP contribution in [0.2, 0.25) is 10.0 Å². The van der Waals surface area contributed by atoms with Crippen molar-refractivity contribution in [2.75, 3.05) is 46.7 Å². The zero-order valence-corrected chi connectivity index (χ0v) is 20.5. The Hall–Kier alpha value is -3.11. The topological polar surface area (TPSA) is 103 Å². The van der Waals surface area contributed by atoms with Gasteiger partial charge in [0, 0.05) is 36.2 Å². The van der Waals surface area contributed by atoms with E-state index in [-0.39, 0.29) is 12.5 Å². The highest BCUT2D eigenvalue weighted by molar-refractivity contribution is 6.40. The van der Waals surface area contributed by atoms with Crippen LogP contribution in [0.4, 0.5) is 28.8 Å². The van der Waals surface area contributed by atoms with Crippen LogP contribution < -0.4 is 20.4 Å². The van der Waals surface area contributed by atoms with Gasteiger partial charge in [-0.3, -0.25) is 9.69 Å². The summed E-state index contributed by atoms with van der Waals surface area (Å²) in [6.45, 7) is 4.62. The van der Waals surface area contributed by atoms with Gasteiger partial charge in [0.15, 0.2) is 0 Å². The van der Waals surface area contributed by atoms with Crippen LogP contribution in [0, 0.1) is 0 Å². The van der Waals surface area contributed by atoms with Gasteiger partial charge in [0.25, 0.3) is 5.91 Å². The molecule has 11 heteroatoms. The number of benzene rings is 2. The molecule has 3 heterocycles. The number of carbonyl (C=O) groups excluding carboxylic acids is 1. The Morgan fingerprint density at radius 3 is 2.66 bits per heavy atom. The molecule has 3 N–H and O–H groups in total. The van der Waals surface area contributed by atoms with E-state index in [9.17, 15) is 9.90 Å². The molecule has 1 saturated heterocycles. The van der Waals surface area contributed by atoms with Crippen LogP contribution in [0.5, 0.6) is 0 Å². The third kappa shape index (κ3) is 4.60. The fourth-order valence-corrected chi connectivity index (χ4v) is 4.90. The number of ether oxygens (including phenoxy) is 1. The molecule has 0 saturated carbocycles. The number of aromatic nitrogens is 2. The van der Waals surface area contributed by atoms with E-state index in [1.807, 2.05) is 25.1 Å². The SMILES string of the molecule is CC1Nc2nc(Nc3ccc(N4CCOCC4)c(CO)c3)ncc2C(=O)N1c1c(Cl)cccc1Cl. The highest BCUT2D eigenvalue weighted by Crippen LogP contribution is 2.38. The molecule has 1 unspecified atom stereocenters. The van der Waals surface area contributed by atoms with E-state index in [2.05, 4.69) is 25.5 Å². The number of aliphatic hydroxyl groups excluding tert-OH is 1. The normalized spacial score (nSPS) is 17.7. The van der Waals surface area contributed by atoms with Gasteiger partial charge in [0.05, 0.1) is 35.6 Å². The number of amides is 1. The summed E-state index contributed by atoms with van der Waals surface area (Å²) < 4.78 is 5.42. The lowest BCUT2D eigenvalue weighted by molar-refractivity contribution is 0.0976. The molecule has 1 aromatic heterocycles. The molecule has 0 aliphatic carbocycles. The number of hydrogen-bond donors (Lipinski definition) is 3. The Morgan fingerprint density at radius 2 is 1.94 bits per heavy atom. The smallest absolute Gasteiger partial charge is 0.265 e. The van der Waals surface area contributed by atoms with E-state index >= 15 is 0 Å². The van der Waals surface area contributed by atoms with Crippen molar-refractivity contribution in [3.05, 3.63) is 63.8 Å². The van der Waals surface area contributed by atoms with Crippen molar-refractivity contribution in [3.63, 3.8) is 0 Å². The molecular formula is C24H24Cl2N6O3. The number of morpholine rings is 1. The highest BCUT2D eigenvalue weighted by atomic mass is 35.5. The summed E-state index contributed by atoms with van der Waals surface area (Å²) in [7, 11) is 0. The second-order valence-electron chi connectivity index (χ2n) is 8.25. The predicted octanol–water partition coefficient (Wildman–Crippen LogP) is 4.27. The van der Waals surface area contributed by atoms with E-state index in [4.69, 9.17) is 27.9 Å². The van der Waals surface area contributed by atoms with Crippen LogP contribution in [0.1, 0.15) is 22.8 Å². The third-order valence-electron chi connectivity index (χ3n) is 6.01. The number of aliphatic hydroxyl groups is 1. The summed E-state index contributed by atoms with van der Waals surface area (Å²) in [4.78, 5) is 25.9. The molecule has 0 radical (unpaired) electrons. The van der Waals surface area contributed by atoms with Gasteiger partial charge in [-0.2, -0.15) is 4.98 Å². The van der Waals surface area contributed by atoms with E-state index in [1.54, 1.807) is 18.2 Å². The maximum absolute atomic E-state index is 13.3. The molecule has 1 atom stereocenters. The summed E-state index contributed by atoms with van der Waals surface area (Å²) >= 11 is 12.7. The number of fused-ring (bicyclic) bond motifs is 1. The van der Waals surface area contributed by atoms with Crippen molar-refractivity contribution >= 4 is 57.9 Å². The van der Waals surface area contributed by atoms with Crippen molar-refractivity contribution in [3.8, 4) is 0 Å². The fraction of sp³-hybridized carbons (Fsp3) is 0.292. The standard InChI is InChI=1S/C24H24Cl2N6O3/c1-14-28-22-17(23(34)32(14)21-18(25)3-2-4-19(21)26)12-27-24(30-22)29-16-5-6-20(15(11-16)13-33)31-7-9-35-10-8-31/h2-6,11-12,14,33H,7-10,13H2,1H3,(H2,27,28,29,30).